The maximum atomic E-state index is 13.1. The molecule has 0 spiro atoms. The van der Waals surface area contributed by atoms with Gasteiger partial charge in [-0.15, -0.1) is 0 Å². The maximum absolute atomic E-state index is 13.1. The van der Waals surface area contributed by atoms with Crippen molar-refractivity contribution in [3.05, 3.63) is 82.9 Å². The highest BCUT2D eigenvalue weighted by atomic mass is 32.2. The molecule has 0 unspecified atom stereocenters. The number of fused-ring (bicyclic) bond motifs is 1. The zero-order chi connectivity index (χ0) is 22.9. The molecule has 6 nitrogen and oxygen atoms in total. The van der Waals surface area contributed by atoms with E-state index in [1.54, 1.807) is 35.2 Å². The number of ether oxygens (including phenoxy) is 1. The van der Waals surface area contributed by atoms with Crippen LogP contribution >= 0.6 is 0 Å². The summed E-state index contributed by atoms with van der Waals surface area (Å²) < 4.78 is 34.1. The summed E-state index contributed by atoms with van der Waals surface area (Å²) in [6.07, 6.45) is 1.48. The van der Waals surface area contributed by atoms with Crippen LogP contribution in [0.1, 0.15) is 33.5 Å². The number of nitrogens with zero attached hydrogens (tertiary/aromatic N) is 1. The minimum atomic E-state index is -3.82. The van der Waals surface area contributed by atoms with E-state index in [0.717, 1.165) is 28.8 Å². The molecule has 0 atom stereocenters. The topological polar surface area (TPSA) is 75.7 Å². The normalized spacial score (nSPS) is 13.4. The van der Waals surface area contributed by atoms with Crippen molar-refractivity contribution >= 4 is 27.3 Å². The van der Waals surface area contributed by atoms with Crippen LogP contribution in [0.2, 0.25) is 0 Å². The van der Waals surface area contributed by atoms with Gasteiger partial charge >= 0.3 is 0 Å². The molecule has 0 bridgehead atoms. The maximum Gasteiger partial charge on any atom is 0.262 e. The highest BCUT2D eigenvalue weighted by molar-refractivity contribution is 7.92. The van der Waals surface area contributed by atoms with Crippen molar-refractivity contribution in [3.63, 3.8) is 0 Å². The predicted octanol–water partition coefficient (Wildman–Crippen LogP) is 4.71. The number of carbonyl (C=O) groups is 1. The minimum Gasteiger partial charge on any atom is -0.495 e. The molecule has 0 aliphatic carbocycles. The molecule has 0 fully saturated rings. The second-order valence-electron chi connectivity index (χ2n) is 8.03. The highest BCUT2D eigenvalue weighted by Gasteiger charge is 2.26. The third-order valence-electron chi connectivity index (χ3n) is 5.62. The van der Waals surface area contributed by atoms with Crippen LogP contribution in [0.25, 0.3) is 0 Å². The molecule has 1 aliphatic heterocycles. The highest BCUT2D eigenvalue weighted by Crippen LogP contribution is 2.32. The fourth-order valence-electron chi connectivity index (χ4n) is 3.91. The molecule has 0 saturated carbocycles. The van der Waals surface area contributed by atoms with Crippen LogP contribution in [-0.2, 0) is 16.4 Å². The van der Waals surface area contributed by atoms with Crippen LogP contribution in [0.5, 0.6) is 5.75 Å². The largest absolute Gasteiger partial charge is 0.495 e. The molecule has 1 aliphatic rings. The number of aryl methyl sites for hydroxylation is 3. The summed E-state index contributed by atoms with van der Waals surface area (Å²) >= 11 is 0. The van der Waals surface area contributed by atoms with Crippen LogP contribution in [0.3, 0.4) is 0 Å². The first-order valence-electron chi connectivity index (χ1n) is 10.5. The number of carbonyl (C=O) groups excluding carboxylic acids is 1. The first-order chi connectivity index (χ1) is 15.3. The van der Waals surface area contributed by atoms with Gasteiger partial charge in [0.25, 0.3) is 15.9 Å². The second-order valence-corrected chi connectivity index (χ2v) is 9.71. The number of methoxy groups -OCH3 is 1. The summed E-state index contributed by atoms with van der Waals surface area (Å²) in [5.41, 5.74) is 4.62. The van der Waals surface area contributed by atoms with Gasteiger partial charge < -0.3 is 9.64 Å². The third-order valence-corrected chi connectivity index (χ3v) is 6.99. The summed E-state index contributed by atoms with van der Waals surface area (Å²) in [4.78, 5) is 15.0. The van der Waals surface area contributed by atoms with E-state index in [4.69, 9.17) is 4.74 Å². The minimum absolute atomic E-state index is 0.0795. The van der Waals surface area contributed by atoms with E-state index in [9.17, 15) is 13.2 Å². The van der Waals surface area contributed by atoms with Crippen LogP contribution in [0, 0.1) is 13.8 Å². The van der Waals surface area contributed by atoms with E-state index < -0.39 is 10.0 Å². The van der Waals surface area contributed by atoms with E-state index in [1.165, 1.54) is 7.11 Å². The molecule has 0 saturated heterocycles. The average Bonchev–Trinajstić information content (AvgIpc) is 2.78. The Morgan fingerprint density at radius 2 is 1.69 bits per heavy atom. The number of benzene rings is 3. The molecule has 1 amide bonds. The number of hydrogen-bond acceptors (Lipinski definition) is 4. The SMILES string of the molecule is COc1ccc(C)cc1NS(=O)(=O)c1ccc2c(c1)CCCN2C(=O)c1ccc(C)cc1. The lowest BCUT2D eigenvalue weighted by atomic mass is 10.0. The van der Waals surface area contributed by atoms with Gasteiger partial charge in [0.15, 0.2) is 0 Å². The van der Waals surface area contributed by atoms with Crippen LogP contribution < -0.4 is 14.4 Å². The van der Waals surface area contributed by atoms with Gasteiger partial charge in [0.1, 0.15) is 5.75 Å². The Balaban J connectivity index is 1.64. The molecule has 0 radical (unpaired) electrons. The van der Waals surface area contributed by atoms with E-state index in [0.29, 0.717) is 30.0 Å². The van der Waals surface area contributed by atoms with Gasteiger partial charge in [0.2, 0.25) is 0 Å². The standard InChI is InChI=1S/C25H26N2O4S/c1-17-6-9-19(10-7-17)25(28)27-14-4-5-20-16-21(11-12-23(20)27)32(29,30)26-22-15-18(2)8-13-24(22)31-3/h6-13,15-16,26H,4-5,14H2,1-3H3. The van der Waals surface area contributed by atoms with Crippen molar-refractivity contribution in [2.45, 2.75) is 31.6 Å². The van der Waals surface area contributed by atoms with Crippen LogP contribution in [0.4, 0.5) is 11.4 Å². The number of rotatable bonds is 5. The molecule has 3 aromatic carbocycles. The lowest BCUT2D eigenvalue weighted by molar-refractivity contribution is 0.0985. The molecule has 1 N–H and O–H groups in total. The Labute approximate surface area is 188 Å². The lowest BCUT2D eigenvalue weighted by Crippen LogP contribution is -2.35. The van der Waals surface area contributed by atoms with Gasteiger partial charge in [-0.2, -0.15) is 0 Å². The molecule has 32 heavy (non-hydrogen) atoms. The van der Waals surface area contributed by atoms with Gasteiger partial charge in [-0.1, -0.05) is 23.8 Å². The molecule has 3 aromatic rings. The van der Waals surface area contributed by atoms with Crippen LogP contribution in [-0.4, -0.2) is 28.0 Å². The number of anilines is 2. The summed E-state index contributed by atoms with van der Waals surface area (Å²) in [6.45, 7) is 4.47. The number of sulfonamides is 1. The van der Waals surface area contributed by atoms with Gasteiger partial charge in [0.05, 0.1) is 17.7 Å². The van der Waals surface area contributed by atoms with Crippen molar-refractivity contribution in [2.24, 2.45) is 0 Å². The van der Waals surface area contributed by atoms with Gasteiger partial charge in [-0.25, -0.2) is 8.42 Å². The van der Waals surface area contributed by atoms with Gasteiger partial charge in [0, 0.05) is 17.8 Å². The van der Waals surface area contributed by atoms with E-state index in [1.807, 2.05) is 44.2 Å². The number of hydrogen-bond donors (Lipinski definition) is 1. The summed E-state index contributed by atoms with van der Waals surface area (Å²) in [5.74, 6) is 0.371. The molecule has 0 aromatic heterocycles. The Kier molecular flexibility index (Phi) is 5.93. The zero-order valence-electron chi connectivity index (χ0n) is 18.4. The lowest BCUT2D eigenvalue weighted by Gasteiger charge is -2.30. The second kappa shape index (κ2) is 8.67. The third kappa shape index (κ3) is 4.34. The van der Waals surface area contributed by atoms with E-state index >= 15 is 0 Å². The van der Waals surface area contributed by atoms with Crippen molar-refractivity contribution in [2.75, 3.05) is 23.3 Å². The summed E-state index contributed by atoms with van der Waals surface area (Å²) in [7, 11) is -2.32. The van der Waals surface area contributed by atoms with Crippen molar-refractivity contribution < 1.29 is 17.9 Å². The quantitative estimate of drug-likeness (QED) is 0.611. The first kappa shape index (κ1) is 21.9. The Hall–Kier alpha value is -3.32. The molecular formula is C25H26N2O4S. The van der Waals surface area contributed by atoms with Gasteiger partial charge in [-0.05, 0) is 80.3 Å². The molecule has 1 heterocycles. The summed E-state index contributed by atoms with van der Waals surface area (Å²) in [5, 5.41) is 0. The monoisotopic (exact) mass is 450 g/mol. The van der Waals surface area contributed by atoms with Crippen molar-refractivity contribution in [1.29, 1.82) is 0 Å². The summed E-state index contributed by atoms with van der Waals surface area (Å²) in [6, 6.07) is 17.7. The zero-order valence-corrected chi connectivity index (χ0v) is 19.2. The average molecular weight is 451 g/mol. The predicted molar refractivity (Wildman–Crippen MR) is 126 cm³/mol. The fraction of sp³-hybridized carbons (Fsp3) is 0.240. The molecular weight excluding hydrogens is 424 g/mol. The van der Waals surface area contributed by atoms with E-state index in [-0.39, 0.29) is 10.8 Å². The number of nitrogens with one attached hydrogen (secondary N) is 1. The first-order valence-corrected chi connectivity index (χ1v) is 12.0. The fourth-order valence-corrected chi connectivity index (χ4v) is 5.02. The molecule has 4 rings (SSSR count). The van der Waals surface area contributed by atoms with Crippen molar-refractivity contribution in [1.82, 2.24) is 0 Å². The Morgan fingerprint density at radius 3 is 2.41 bits per heavy atom. The Morgan fingerprint density at radius 1 is 0.969 bits per heavy atom. The van der Waals surface area contributed by atoms with Crippen LogP contribution in [0.15, 0.2) is 65.6 Å². The Bertz CT molecular complexity index is 1270. The smallest absolute Gasteiger partial charge is 0.262 e. The molecule has 7 heteroatoms. The van der Waals surface area contributed by atoms with Gasteiger partial charge in [-0.3, -0.25) is 9.52 Å². The van der Waals surface area contributed by atoms with Crippen molar-refractivity contribution in [3.8, 4) is 5.75 Å². The molecule has 166 valence electrons. The van der Waals surface area contributed by atoms with E-state index in [2.05, 4.69) is 4.72 Å². The number of amides is 1.